The van der Waals surface area contributed by atoms with E-state index in [2.05, 4.69) is 5.32 Å². The van der Waals surface area contributed by atoms with Crippen molar-refractivity contribution < 1.29 is 28.6 Å². The van der Waals surface area contributed by atoms with Crippen molar-refractivity contribution in [3.8, 4) is 0 Å². The summed E-state index contributed by atoms with van der Waals surface area (Å²) >= 11 is 17.3. The standard InChI is InChI=1S/C31H37Cl3N2O6/c1-30(2,3)42-28(38)26-18-17-25(36(26)19-22-11-6-4-7-12-22)24(35-29(39)41-21-31(32,33)34)15-10-16-27(37)40-20-23-13-8-5-9-14-23/h4-14,16,24-26H,15,17-21H2,1-3H3,(H,35,39)/b16-10+/t24-,25-,26-/m0/s1. The minimum Gasteiger partial charge on any atom is -0.459 e. The molecule has 3 rings (SSSR count). The summed E-state index contributed by atoms with van der Waals surface area (Å²) in [6.07, 6.45) is 3.53. The number of nitrogens with zero attached hydrogens (tertiary/aromatic N) is 1. The van der Waals surface area contributed by atoms with Crippen LogP contribution in [0.5, 0.6) is 0 Å². The highest BCUT2D eigenvalue weighted by atomic mass is 35.6. The Labute approximate surface area is 262 Å². The number of benzene rings is 2. The van der Waals surface area contributed by atoms with Crippen molar-refractivity contribution in [3.05, 3.63) is 83.9 Å². The molecule has 1 aliphatic rings. The molecule has 8 nitrogen and oxygen atoms in total. The Morgan fingerprint density at radius 3 is 2.17 bits per heavy atom. The lowest BCUT2D eigenvalue weighted by molar-refractivity contribution is -0.161. The van der Waals surface area contributed by atoms with E-state index in [4.69, 9.17) is 49.0 Å². The van der Waals surface area contributed by atoms with Gasteiger partial charge in [0.1, 0.15) is 24.9 Å². The topological polar surface area (TPSA) is 94.2 Å². The quantitative estimate of drug-likeness (QED) is 0.130. The van der Waals surface area contributed by atoms with Gasteiger partial charge in [0.2, 0.25) is 3.79 Å². The van der Waals surface area contributed by atoms with E-state index in [9.17, 15) is 14.4 Å². The largest absolute Gasteiger partial charge is 0.459 e. The van der Waals surface area contributed by atoms with Crippen LogP contribution in [0.1, 0.15) is 51.2 Å². The molecule has 3 atom stereocenters. The van der Waals surface area contributed by atoms with Crippen LogP contribution in [-0.4, -0.2) is 57.1 Å². The van der Waals surface area contributed by atoms with E-state index < -0.39 is 40.1 Å². The molecule has 1 aliphatic heterocycles. The number of ether oxygens (including phenoxy) is 3. The molecule has 1 fully saturated rings. The summed E-state index contributed by atoms with van der Waals surface area (Å²) in [6.45, 7) is 5.61. The van der Waals surface area contributed by atoms with Crippen molar-refractivity contribution >= 4 is 52.8 Å². The molecule has 1 heterocycles. The third kappa shape index (κ3) is 11.8. The van der Waals surface area contributed by atoms with Crippen LogP contribution in [0, 0.1) is 0 Å². The average molecular weight is 640 g/mol. The zero-order valence-electron chi connectivity index (χ0n) is 23.9. The summed E-state index contributed by atoms with van der Waals surface area (Å²) in [5, 5.41) is 2.85. The van der Waals surface area contributed by atoms with E-state index in [0.29, 0.717) is 19.4 Å². The maximum atomic E-state index is 13.3. The minimum atomic E-state index is -1.77. The Bertz CT molecular complexity index is 1200. The number of halogens is 3. The predicted octanol–water partition coefficient (Wildman–Crippen LogP) is 6.52. The molecule has 2 aromatic rings. The second-order valence-electron chi connectivity index (χ2n) is 11.0. The third-order valence-electron chi connectivity index (χ3n) is 6.45. The van der Waals surface area contributed by atoms with Crippen molar-refractivity contribution in [2.45, 2.75) is 80.7 Å². The number of hydrogen-bond acceptors (Lipinski definition) is 7. The number of likely N-dealkylation sites (tertiary alicyclic amines) is 1. The molecule has 0 aliphatic carbocycles. The van der Waals surface area contributed by atoms with Gasteiger partial charge in [0, 0.05) is 18.7 Å². The van der Waals surface area contributed by atoms with E-state index in [1.807, 2.05) is 86.3 Å². The molecule has 42 heavy (non-hydrogen) atoms. The number of carbonyl (C=O) groups excluding carboxylic acids is 3. The Kier molecular flexibility index (Phi) is 12.5. The van der Waals surface area contributed by atoms with Crippen LogP contribution in [-0.2, 0) is 37.0 Å². The fraction of sp³-hybridized carbons (Fsp3) is 0.452. The summed E-state index contributed by atoms with van der Waals surface area (Å²) < 4.78 is 14.4. The highest BCUT2D eigenvalue weighted by Gasteiger charge is 2.43. The normalized spacial score (nSPS) is 18.4. The zero-order chi connectivity index (χ0) is 30.8. The Hall–Kier alpha value is -2.78. The number of alkyl halides is 3. The van der Waals surface area contributed by atoms with Gasteiger partial charge in [0.25, 0.3) is 0 Å². The highest BCUT2D eigenvalue weighted by molar-refractivity contribution is 6.67. The number of alkyl carbamates (subject to hydrolysis) is 1. The molecular formula is C31H37Cl3N2O6. The molecule has 0 radical (unpaired) electrons. The van der Waals surface area contributed by atoms with Gasteiger partial charge in [-0.2, -0.15) is 0 Å². The van der Waals surface area contributed by atoms with E-state index in [-0.39, 0.29) is 25.0 Å². The Balaban J connectivity index is 1.79. The number of amides is 1. The van der Waals surface area contributed by atoms with Crippen LogP contribution in [0.4, 0.5) is 4.79 Å². The molecule has 0 spiro atoms. The fourth-order valence-electron chi connectivity index (χ4n) is 4.71. The zero-order valence-corrected chi connectivity index (χ0v) is 26.2. The minimum absolute atomic E-state index is 0.139. The highest BCUT2D eigenvalue weighted by Crippen LogP contribution is 2.32. The van der Waals surface area contributed by atoms with Crippen molar-refractivity contribution in [2.24, 2.45) is 0 Å². The van der Waals surface area contributed by atoms with Gasteiger partial charge in [-0.15, -0.1) is 0 Å². The van der Waals surface area contributed by atoms with Gasteiger partial charge in [0.05, 0.1) is 6.04 Å². The SMILES string of the molecule is CC(C)(C)OC(=O)[C@@H]1CC[C@@H]([C@H](C/C=C/C(=O)OCc2ccccc2)NC(=O)OCC(Cl)(Cl)Cl)N1Cc1ccccc1. The molecule has 2 aromatic carbocycles. The first kappa shape index (κ1) is 33.7. The number of hydrogen-bond donors (Lipinski definition) is 1. The van der Waals surface area contributed by atoms with Crippen LogP contribution < -0.4 is 5.32 Å². The van der Waals surface area contributed by atoms with E-state index in [0.717, 1.165) is 11.1 Å². The Morgan fingerprint density at radius 2 is 1.57 bits per heavy atom. The molecule has 1 saturated heterocycles. The second kappa shape index (κ2) is 15.6. The van der Waals surface area contributed by atoms with Gasteiger partial charge in [-0.1, -0.05) is 102 Å². The molecule has 0 saturated carbocycles. The Morgan fingerprint density at radius 1 is 0.952 bits per heavy atom. The first-order chi connectivity index (χ1) is 19.8. The van der Waals surface area contributed by atoms with Gasteiger partial charge in [-0.3, -0.25) is 9.69 Å². The lowest BCUT2D eigenvalue weighted by atomic mass is 10.0. The number of nitrogens with one attached hydrogen (secondary N) is 1. The van der Waals surface area contributed by atoms with Crippen LogP contribution in [0.25, 0.3) is 0 Å². The van der Waals surface area contributed by atoms with Crippen molar-refractivity contribution in [1.82, 2.24) is 10.2 Å². The van der Waals surface area contributed by atoms with Gasteiger partial charge in [-0.05, 0) is 51.2 Å². The van der Waals surface area contributed by atoms with Crippen LogP contribution in [0.2, 0.25) is 0 Å². The van der Waals surface area contributed by atoms with E-state index in [1.54, 1.807) is 6.08 Å². The number of carbonyl (C=O) groups is 3. The van der Waals surface area contributed by atoms with Crippen LogP contribution >= 0.6 is 34.8 Å². The van der Waals surface area contributed by atoms with Crippen LogP contribution in [0.15, 0.2) is 72.8 Å². The van der Waals surface area contributed by atoms with Gasteiger partial charge in [-0.25, -0.2) is 9.59 Å². The molecule has 0 unspecified atom stereocenters. The lowest BCUT2D eigenvalue weighted by Gasteiger charge is -2.35. The monoisotopic (exact) mass is 638 g/mol. The smallest absolute Gasteiger partial charge is 0.407 e. The maximum Gasteiger partial charge on any atom is 0.407 e. The molecular weight excluding hydrogens is 603 g/mol. The summed E-state index contributed by atoms with van der Waals surface area (Å²) in [4.78, 5) is 40.4. The van der Waals surface area contributed by atoms with Gasteiger partial charge >= 0.3 is 18.0 Å². The summed E-state index contributed by atoms with van der Waals surface area (Å²) in [7, 11) is 0. The molecule has 1 amide bonds. The third-order valence-corrected chi connectivity index (χ3v) is 6.78. The second-order valence-corrected chi connectivity index (χ2v) is 13.5. The van der Waals surface area contributed by atoms with Crippen molar-refractivity contribution in [1.29, 1.82) is 0 Å². The summed E-state index contributed by atoms with van der Waals surface area (Å²) in [5.74, 6) is -0.853. The van der Waals surface area contributed by atoms with Crippen molar-refractivity contribution in [2.75, 3.05) is 6.61 Å². The molecule has 1 N–H and O–H groups in total. The number of rotatable bonds is 11. The van der Waals surface area contributed by atoms with Crippen molar-refractivity contribution in [3.63, 3.8) is 0 Å². The number of esters is 2. The first-order valence-corrected chi connectivity index (χ1v) is 14.8. The van der Waals surface area contributed by atoms with E-state index >= 15 is 0 Å². The molecule has 0 bridgehead atoms. The first-order valence-electron chi connectivity index (χ1n) is 13.7. The summed E-state index contributed by atoms with van der Waals surface area (Å²) in [5.41, 5.74) is 1.21. The summed E-state index contributed by atoms with van der Waals surface area (Å²) in [6, 6.07) is 17.7. The molecule has 11 heteroatoms. The van der Waals surface area contributed by atoms with Crippen LogP contribution in [0.3, 0.4) is 0 Å². The maximum absolute atomic E-state index is 13.3. The molecule has 0 aromatic heterocycles. The predicted molar refractivity (Wildman–Crippen MR) is 163 cm³/mol. The average Bonchev–Trinajstić information content (AvgIpc) is 3.33. The van der Waals surface area contributed by atoms with Gasteiger partial charge in [0.15, 0.2) is 0 Å². The molecule has 228 valence electrons. The van der Waals surface area contributed by atoms with E-state index in [1.165, 1.54) is 6.08 Å². The fourth-order valence-corrected chi connectivity index (χ4v) is 4.87. The van der Waals surface area contributed by atoms with Gasteiger partial charge < -0.3 is 19.5 Å². The lowest BCUT2D eigenvalue weighted by Crippen LogP contribution is -2.52.